The number of amides is 1. The van der Waals surface area contributed by atoms with Gasteiger partial charge in [0.1, 0.15) is 5.75 Å². The van der Waals surface area contributed by atoms with Gasteiger partial charge in [-0.05, 0) is 35.2 Å². The van der Waals surface area contributed by atoms with Gasteiger partial charge in [-0.3, -0.25) is 4.79 Å². The number of hydrogen-bond donors (Lipinski definition) is 1. The first-order valence-corrected chi connectivity index (χ1v) is 7.60. The van der Waals surface area contributed by atoms with E-state index in [1.807, 2.05) is 36.4 Å². The molecule has 3 nitrogen and oxygen atoms in total. The van der Waals surface area contributed by atoms with Crippen molar-refractivity contribution >= 4 is 5.91 Å². The topological polar surface area (TPSA) is 38.3 Å². The number of carbonyl (C=O) groups excluding carboxylic acids is 1. The molecule has 0 saturated carbocycles. The molecule has 0 aromatic heterocycles. The second-order valence-electron chi connectivity index (χ2n) is 5.31. The van der Waals surface area contributed by atoms with Crippen LogP contribution in [0.2, 0.25) is 0 Å². The monoisotopic (exact) mass is 355 g/mol. The standard InChI is InChI=1S/C17H16FNO2.CHF3/c18-11-21-15-7-5-13(6-8-15)12-1-3-14(4-2-12)16-9-10-17(20)19-16;2-1(3)4/h1-8,16H,9-11H2,(H,19,20);1H. The van der Waals surface area contributed by atoms with E-state index in [1.54, 1.807) is 12.1 Å². The Bertz CT molecular complexity index is 672. The van der Waals surface area contributed by atoms with Gasteiger partial charge in [-0.15, -0.1) is 0 Å². The van der Waals surface area contributed by atoms with Gasteiger partial charge in [0, 0.05) is 6.42 Å². The largest absolute Gasteiger partial charge is 0.463 e. The molecule has 1 heterocycles. The van der Waals surface area contributed by atoms with Crippen molar-refractivity contribution < 1.29 is 27.1 Å². The molecule has 1 fully saturated rings. The first-order chi connectivity index (χ1) is 12.0. The SMILES string of the molecule is FC(F)F.O=C1CCC(c2ccc(-c3ccc(OCF)cc3)cc2)N1. The number of rotatable bonds is 4. The molecule has 0 bridgehead atoms. The highest BCUT2D eigenvalue weighted by Crippen LogP contribution is 2.27. The van der Waals surface area contributed by atoms with Gasteiger partial charge >= 0.3 is 6.68 Å². The Morgan fingerprint density at radius 1 is 1.00 bits per heavy atom. The minimum absolute atomic E-state index is 0.118. The molecule has 134 valence electrons. The zero-order chi connectivity index (χ0) is 18.2. The highest BCUT2D eigenvalue weighted by molar-refractivity contribution is 5.78. The number of halogens is 4. The van der Waals surface area contributed by atoms with Gasteiger partial charge in [0.15, 0.2) is 0 Å². The molecule has 0 aliphatic carbocycles. The highest BCUT2D eigenvalue weighted by Gasteiger charge is 2.21. The third-order valence-corrected chi connectivity index (χ3v) is 3.72. The summed E-state index contributed by atoms with van der Waals surface area (Å²) in [6, 6.07) is 15.6. The molecule has 1 N–H and O–H groups in total. The Hall–Kier alpha value is -2.57. The molecular formula is C18H17F4NO2. The zero-order valence-electron chi connectivity index (χ0n) is 13.2. The van der Waals surface area contributed by atoms with Gasteiger partial charge in [0.25, 0.3) is 0 Å². The van der Waals surface area contributed by atoms with Crippen molar-refractivity contribution in [2.75, 3.05) is 6.86 Å². The van der Waals surface area contributed by atoms with E-state index in [-0.39, 0.29) is 11.9 Å². The molecule has 25 heavy (non-hydrogen) atoms. The fraction of sp³-hybridized carbons (Fsp3) is 0.278. The summed E-state index contributed by atoms with van der Waals surface area (Å²) in [6.45, 7) is -4.48. The molecule has 1 aliphatic rings. The number of hydrogen-bond acceptors (Lipinski definition) is 2. The number of benzene rings is 2. The number of alkyl halides is 4. The Kier molecular flexibility index (Phi) is 6.80. The predicted molar refractivity (Wildman–Crippen MR) is 85.7 cm³/mol. The molecule has 1 atom stereocenters. The Morgan fingerprint density at radius 2 is 1.52 bits per heavy atom. The predicted octanol–water partition coefficient (Wildman–Crippen LogP) is 4.79. The van der Waals surface area contributed by atoms with E-state index in [4.69, 9.17) is 4.74 Å². The lowest BCUT2D eigenvalue weighted by Crippen LogP contribution is -2.18. The van der Waals surface area contributed by atoms with E-state index in [0.717, 1.165) is 23.1 Å². The van der Waals surface area contributed by atoms with E-state index >= 15 is 0 Å². The Morgan fingerprint density at radius 3 is 1.96 bits per heavy atom. The van der Waals surface area contributed by atoms with Crippen molar-refractivity contribution in [3.05, 3.63) is 54.1 Å². The van der Waals surface area contributed by atoms with E-state index < -0.39 is 13.5 Å². The van der Waals surface area contributed by atoms with Crippen molar-refractivity contribution in [1.82, 2.24) is 5.32 Å². The van der Waals surface area contributed by atoms with Gasteiger partial charge in [0.2, 0.25) is 12.8 Å². The van der Waals surface area contributed by atoms with Crippen molar-refractivity contribution in [3.63, 3.8) is 0 Å². The number of carbonyl (C=O) groups is 1. The van der Waals surface area contributed by atoms with Crippen LogP contribution in [0.25, 0.3) is 11.1 Å². The van der Waals surface area contributed by atoms with E-state index in [2.05, 4.69) is 5.32 Å². The summed E-state index contributed by atoms with van der Waals surface area (Å²) in [5.74, 6) is 0.638. The van der Waals surface area contributed by atoms with Crippen molar-refractivity contribution in [2.24, 2.45) is 0 Å². The van der Waals surface area contributed by atoms with Gasteiger partial charge in [-0.25, -0.2) is 4.39 Å². The maximum absolute atomic E-state index is 12.1. The van der Waals surface area contributed by atoms with Crippen LogP contribution in [0.3, 0.4) is 0 Å². The summed E-state index contributed by atoms with van der Waals surface area (Å²) in [4.78, 5) is 11.3. The second kappa shape index (κ2) is 9.05. The molecule has 1 aliphatic heterocycles. The van der Waals surface area contributed by atoms with E-state index in [0.29, 0.717) is 12.2 Å². The van der Waals surface area contributed by atoms with Gasteiger partial charge < -0.3 is 10.1 Å². The van der Waals surface area contributed by atoms with Crippen molar-refractivity contribution in [1.29, 1.82) is 0 Å². The second-order valence-corrected chi connectivity index (χ2v) is 5.31. The zero-order valence-corrected chi connectivity index (χ0v) is 13.2. The lowest BCUT2D eigenvalue weighted by molar-refractivity contribution is -0.119. The molecule has 1 unspecified atom stereocenters. The van der Waals surface area contributed by atoms with Crippen LogP contribution in [0, 0.1) is 0 Å². The van der Waals surface area contributed by atoms with Gasteiger partial charge in [-0.2, -0.15) is 13.2 Å². The molecule has 0 radical (unpaired) electrons. The maximum Gasteiger partial charge on any atom is 0.379 e. The van der Waals surface area contributed by atoms with Crippen LogP contribution in [0.5, 0.6) is 5.75 Å². The average molecular weight is 355 g/mol. The summed E-state index contributed by atoms with van der Waals surface area (Å²) in [7, 11) is 0. The molecule has 7 heteroatoms. The molecule has 3 rings (SSSR count). The lowest BCUT2D eigenvalue weighted by atomic mass is 10.00. The maximum atomic E-state index is 12.1. The summed E-state index contributed by atoms with van der Waals surface area (Å²) in [5.41, 5.74) is 3.25. The minimum Gasteiger partial charge on any atom is -0.463 e. The summed E-state index contributed by atoms with van der Waals surface area (Å²) >= 11 is 0. The summed E-state index contributed by atoms with van der Waals surface area (Å²) in [5, 5.41) is 2.96. The van der Waals surface area contributed by atoms with Crippen molar-refractivity contribution in [3.8, 4) is 16.9 Å². The minimum atomic E-state index is -3.67. The third-order valence-electron chi connectivity index (χ3n) is 3.72. The fourth-order valence-corrected chi connectivity index (χ4v) is 2.58. The molecule has 1 saturated heterocycles. The van der Waals surface area contributed by atoms with Crippen LogP contribution in [0.1, 0.15) is 24.4 Å². The first kappa shape index (κ1) is 18.8. The number of nitrogens with one attached hydrogen (secondary N) is 1. The Balaban J connectivity index is 0.000000511. The molecular weight excluding hydrogens is 338 g/mol. The Labute approximate surface area is 142 Å². The van der Waals surface area contributed by atoms with Crippen LogP contribution in [0.4, 0.5) is 17.6 Å². The molecule has 2 aromatic rings. The van der Waals surface area contributed by atoms with E-state index in [1.165, 1.54) is 0 Å². The smallest absolute Gasteiger partial charge is 0.379 e. The van der Waals surface area contributed by atoms with E-state index in [9.17, 15) is 22.4 Å². The van der Waals surface area contributed by atoms with Gasteiger partial charge in [0.05, 0.1) is 6.04 Å². The third kappa shape index (κ3) is 5.77. The fourth-order valence-electron chi connectivity index (χ4n) is 2.58. The molecule has 2 aromatic carbocycles. The van der Waals surface area contributed by atoms with Crippen LogP contribution in [0.15, 0.2) is 48.5 Å². The summed E-state index contributed by atoms with van der Waals surface area (Å²) in [6.07, 6.45) is 1.45. The van der Waals surface area contributed by atoms with Crippen LogP contribution in [-0.2, 0) is 4.79 Å². The average Bonchev–Trinajstić information content (AvgIpc) is 3.02. The quantitative estimate of drug-likeness (QED) is 0.801. The number of ether oxygens (including phenoxy) is 1. The van der Waals surface area contributed by atoms with Crippen LogP contribution < -0.4 is 10.1 Å². The lowest BCUT2D eigenvalue weighted by Gasteiger charge is -2.11. The first-order valence-electron chi connectivity index (χ1n) is 7.60. The van der Waals surface area contributed by atoms with Gasteiger partial charge in [-0.1, -0.05) is 36.4 Å². The molecule has 0 spiro atoms. The van der Waals surface area contributed by atoms with Crippen LogP contribution in [-0.4, -0.2) is 19.4 Å². The van der Waals surface area contributed by atoms with Crippen LogP contribution >= 0.6 is 0 Å². The normalized spacial score (nSPS) is 16.2. The van der Waals surface area contributed by atoms with Crippen molar-refractivity contribution in [2.45, 2.75) is 25.6 Å². The molecule has 1 amide bonds. The highest BCUT2D eigenvalue weighted by atomic mass is 19.4. The summed E-state index contributed by atoms with van der Waals surface area (Å²) < 4.78 is 45.9.